The molecule has 5 nitrogen and oxygen atoms in total. The molecule has 5 heteroatoms. The van der Waals surface area contributed by atoms with Crippen LogP contribution in [0.1, 0.15) is 27.2 Å². The molecule has 0 aliphatic rings. The van der Waals surface area contributed by atoms with Gasteiger partial charge in [-0.3, -0.25) is 0 Å². The molecule has 3 aromatic rings. The van der Waals surface area contributed by atoms with Crippen LogP contribution in [0.15, 0.2) is 60.7 Å². The van der Waals surface area contributed by atoms with Gasteiger partial charge in [0.1, 0.15) is 11.6 Å². The number of nitrogens with zero attached hydrogens (tertiary/aromatic N) is 2. The molecule has 2 aromatic carbocycles. The van der Waals surface area contributed by atoms with Crippen molar-refractivity contribution in [2.75, 3.05) is 17.2 Å². The highest BCUT2D eigenvalue weighted by atomic mass is 16.5. The van der Waals surface area contributed by atoms with E-state index in [-0.39, 0.29) is 6.10 Å². The molecule has 0 aliphatic carbocycles. The fraction of sp³-hybridized carbons (Fsp3) is 0.273. The highest BCUT2D eigenvalue weighted by Gasteiger charge is 2.10. The van der Waals surface area contributed by atoms with E-state index in [1.165, 1.54) is 0 Å². The Hall–Kier alpha value is -3.08. The van der Waals surface area contributed by atoms with Crippen molar-refractivity contribution < 1.29 is 4.74 Å². The van der Waals surface area contributed by atoms with Crippen molar-refractivity contribution in [2.24, 2.45) is 0 Å². The Morgan fingerprint density at radius 3 is 2.44 bits per heavy atom. The van der Waals surface area contributed by atoms with E-state index in [9.17, 15) is 0 Å². The summed E-state index contributed by atoms with van der Waals surface area (Å²) in [5.74, 6) is 2.12. The molecule has 0 saturated carbocycles. The van der Waals surface area contributed by atoms with Crippen LogP contribution in [-0.2, 0) is 0 Å². The summed E-state index contributed by atoms with van der Waals surface area (Å²) in [6.07, 6.45) is 1.12. The van der Waals surface area contributed by atoms with Crippen LogP contribution in [0.4, 0.5) is 17.5 Å². The summed E-state index contributed by atoms with van der Waals surface area (Å²) in [5.41, 5.74) is 2.76. The van der Waals surface area contributed by atoms with Gasteiger partial charge in [0.2, 0.25) is 5.95 Å². The summed E-state index contributed by atoms with van der Waals surface area (Å²) >= 11 is 0. The van der Waals surface area contributed by atoms with Crippen molar-refractivity contribution in [3.8, 4) is 17.0 Å². The molecule has 27 heavy (non-hydrogen) atoms. The van der Waals surface area contributed by atoms with Crippen molar-refractivity contribution in [1.82, 2.24) is 9.97 Å². The quantitative estimate of drug-likeness (QED) is 0.554. The Balaban J connectivity index is 1.95. The number of para-hydroxylation sites is 2. The average Bonchev–Trinajstić information content (AvgIpc) is 2.68. The summed E-state index contributed by atoms with van der Waals surface area (Å²) in [5, 5.41) is 6.67. The first-order valence-corrected chi connectivity index (χ1v) is 9.36. The lowest BCUT2D eigenvalue weighted by molar-refractivity contribution is 0.244. The summed E-state index contributed by atoms with van der Waals surface area (Å²) in [4.78, 5) is 9.33. The van der Waals surface area contributed by atoms with Crippen LogP contribution >= 0.6 is 0 Å². The first kappa shape index (κ1) is 18.7. The van der Waals surface area contributed by atoms with Crippen LogP contribution in [0.5, 0.6) is 5.75 Å². The van der Waals surface area contributed by atoms with E-state index < -0.39 is 0 Å². The Labute approximate surface area is 160 Å². The normalized spacial score (nSPS) is 10.7. The van der Waals surface area contributed by atoms with Crippen molar-refractivity contribution in [2.45, 2.75) is 33.3 Å². The third kappa shape index (κ3) is 5.20. The lowest BCUT2D eigenvalue weighted by Crippen LogP contribution is -2.09. The van der Waals surface area contributed by atoms with E-state index in [0.717, 1.165) is 41.5 Å². The third-order valence-corrected chi connectivity index (χ3v) is 3.85. The Morgan fingerprint density at radius 1 is 0.963 bits per heavy atom. The minimum absolute atomic E-state index is 0.0892. The van der Waals surface area contributed by atoms with Gasteiger partial charge in [0.05, 0.1) is 17.5 Å². The number of aromatic nitrogens is 2. The number of hydrogen-bond donors (Lipinski definition) is 2. The number of ether oxygens (including phenoxy) is 1. The largest absolute Gasteiger partial charge is 0.489 e. The molecule has 0 bridgehead atoms. The second-order valence-electron chi connectivity index (χ2n) is 6.54. The lowest BCUT2D eigenvalue weighted by atomic mass is 10.1. The Morgan fingerprint density at radius 2 is 1.70 bits per heavy atom. The van der Waals surface area contributed by atoms with Crippen LogP contribution in [0.2, 0.25) is 0 Å². The van der Waals surface area contributed by atoms with Gasteiger partial charge < -0.3 is 15.4 Å². The van der Waals surface area contributed by atoms with Crippen LogP contribution in [0.3, 0.4) is 0 Å². The lowest BCUT2D eigenvalue weighted by Gasteiger charge is -2.16. The van der Waals surface area contributed by atoms with Crippen molar-refractivity contribution >= 4 is 17.5 Å². The van der Waals surface area contributed by atoms with Gasteiger partial charge in [0, 0.05) is 18.2 Å². The van der Waals surface area contributed by atoms with E-state index in [1.54, 1.807) is 0 Å². The first-order valence-electron chi connectivity index (χ1n) is 9.36. The number of hydrogen-bond acceptors (Lipinski definition) is 5. The maximum Gasteiger partial charge on any atom is 0.229 e. The van der Waals surface area contributed by atoms with E-state index >= 15 is 0 Å². The van der Waals surface area contributed by atoms with Crippen molar-refractivity contribution in [3.05, 3.63) is 60.7 Å². The molecule has 3 rings (SSSR count). The number of nitrogens with one attached hydrogen (secondary N) is 2. The molecule has 0 atom stereocenters. The van der Waals surface area contributed by atoms with Crippen molar-refractivity contribution in [1.29, 1.82) is 0 Å². The fourth-order valence-electron chi connectivity index (χ4n) is 2.65. The summed E-state index contributed by atoms with van der Waals surface area (Å²) in [6, 6.07) is 19.9. The molecule has 0 aliphatic heterocycles. The number of benzene rings is 2. The average molecular weight is 362 g/mol. The van der Waals surface area contributed by atoms with Gasteiger partial charge in [-0.2, -0.15) is 4.98 Å². The summed E-state index contributed by atoms with van der Waals surface area (Å²) < 4.78 is 5.89. The van der Waals surface area contributed by atoms with Gasteiger partial charge >= 0.3 is 0 Å². The fourth-order valence-corrected chi connectivity index (χ4v) is 2.65. The zero-order valence-corrected chi connectivity index (χ0v) is 16.1. The molecule has 2 N–H and O–H groups in total. The Bertz CT molecular complexity index is 865. The molecule has 140 valence electrons. The second kappa shape index (κ2) is 9.03. The number of rotatable bonds is 8. The topological polar surface area (TPSA) is 59.1 Å². The third-order valence-electron chi connectivity index (χ3n) is 3.85. The first-order chi connectivity index (χ1) is 13.2. The van der Waals surface area contributed by atoms with E-state index in [0.29, 0.717) is 5.95 Å². The Kier molecular flexibility index (Phi) is 6.26. The van der Waals surface area contributed by atoms with Gasteiger partial charge in [-0.25, -0.2) is 4.98 Å². The van der Waals surface area contributed by atoms with Gasteiger partial charge in [-0.15, -0.1) is 0 Å². The molecule has 0 unspecified atom stereocenters. The maximum atomic E-state index is 5.89. The van der Waals surface area contributed by atoms with E-state index in [1.807, 2.05) is 74.5 Å². The van der Waals surface area contributed by atoms with Crippen molar-refractivity contribution in [3.63, 3.8) is 0 Å². The minimum atomic E-state index is 0.0892. The smallest absolute Gasteiger partial charge is 0.229 e. The molecule has 0 amide bonds. The molecule has 0 saturated heterocycles. The predicted molar refractivity (Wildman–Crippen MR) is 112 cm³/mol. The standard InChI is InChI=1S/C22H26N4O/c1-4-14-23-21-15-19(17-10-6-5-7-11-17)25-22(26-21)24-18-12-8-9-13-20(18)27-16(2)3/h5-13,15-16H,4,14H2,1-3H3,(H2,23,24,25,26). The maximum absolute atomic E-state index is 5.89. The van der Waals surface area contributed by atoms with Gasteiger partial charge in [0.25, 0.3) is 0 Å². The zero-order chi connectivity index (χ0) is 19.1. The highest BCUT2D eigenvalue weighted by Crippen LogP contribution is 2.29. The van der Waals surface area contributed by atoms with E-state index in [2.05, 4.69) is 22.5 Å². The van der Waals surface area contributed by atoms with Crippen LogP contribution in [0.25, 0.3) is 11.3 Å². The predicted octanol–water partition coefficient (Wildman–Crippen LogP) is 5.50. The van der Waals surface area contributed by atoms with Gasteiger partial charge in [-0.1, -0.05) is 49.4 Å². The molecule has 1 aromatic heterocycles. The van der Waals surface area contributed by atoms with Gasteiger partial charge in [-0.05, 0) is 32.4 Å². The van der Waals surface area contributed by atoms with Crippen LogP contribution in [-0.4, -0.2) is 22.6 Å². The van der Waals surface area contributed by atoms with Crippen LogP contribution < -0.4 is 15.4 Å². The molecule has 0 fully saturated rings. The summed E-state index contributed by atoms with van der Waals surface area (Å²) in [7, 11) is 0. The molecular formula is C22H26N4O. The van der Waals surface area contributed by atoms with Gasteiger partial charge in [0.15, 0.2) is 0 Å². The molecule has 0 radical (unpaired) electrons. The minimum Gasteiger partial charge on any atom is -0.489 e. The van der Waals surface area contributed by atoms with Crippen LogP contribution in [0, 0.1) is 0 Å². The monoisotopic (exact) mass is 362 g/mol. The second-order valence-corrected chi connectivity index (χ2v) is 6.54. The summed E-state index contributed by atoms with van der Waals surface area (Å²) in [6.45, 7) is 7.01. The molecule has 0 spiro atoms. The highest BCUT2D eigenvalue weighted by molar-refractivity contribution is 5.68. The number of anilines is 3. The van der Waals surface area contributed by atoms with E-state index in [4.69, 9.17) is 9.72 Å². The molecular weight excluding hydrogens is 336 g/mol. The molecule has 1 heterocycles. The zero-order valence-electron chi connectivity index (χ0n) is 16.1. The SMILES string of the molecule is CCCNc1cc(-c2ccccc2)nc(Nc2ccccc2OC(C)C)n1.